The predicted molar refractivity (Wildman–Crippen MR) is 78.4 cm³/mol. The summed E-state index contributed by atoms with van der Waals surface area (Å²) in [4.78, 5) is 9.11. The van der Waals surface area contributed by atoms with E-state index in [1.54, 1.807) is 6.20 Å². The van der Waals surface area contributed by atoms with Gasteiger partial charge in [0.05, 0.1) is 11.5 Å². The Labute approximate surface area is 119 Å². The van der Waals surface area contributed by atoms with Crippen LogP contribution in [-0.4, -0.2) is 34.5 Å². The largest absolute Gasteiger partial charge is 0.310 e. The standard InChI is InChI=1S/C14H19N3O2S/c1-2-4-13-16-12-5-3-8-15-14(12)17(13)11-6-9-20(18,19)10-7-11/h3,5,8,11H,2,4,6-7,9-10H2,1H3. The van der Waals surface area contributed by atoms with Crippen molar-refractivity contribution >= 4 is 21.0 Å². The lowest BCUT2D eigenvalue weighted by atomic mass is 10.1. The molecule has 3 heterocycles. The Hall–Kier alpha value is -1.43. The number of nitrogens with zero attached hydrogens (tertiary/aromatic N) is 3. The maximum atomic E-state index is 11.6. The lowest BCUT2D eigenvalue weighted by Gasteiger charge is -2.25. The summed E-state index contributed by atoms with van der Waals surface area (Å²) in [5.41, 5.74) is 1.80. The van der Waals surface area contributed by atoms with Gasteiger partial charge in [-0.3, -0.25) is 0 Å². The molecule has 1 aliphatic heterocycles. The molecule has 0 N–H and O–H groups in total. The molecule has 108 valence electrons. The number of fused-ring (bicyclic) bond motifs is 1. The fraction of sp³-hybridized carbons (Fsp3) is 0.571. The highest BCUT2D eigenvalue weighted by Gasteiger charge is 2.27. The van der Waals surface area contributed by atoms with E-state index in [-0.39, 0.29) is 17.5 Å². The molecule has 2 aromatic rings. The van der Waals surface area contributed by atoms with Crippen LogP contribution in [0, 0.1) is 0 Å². The summed E-state index contributed by atoms with van der Waals surface area (Å²) < 4.78 is 25.4. The average Bonchev–Trinajstić information content (AvgIpc) is 2.78. The number of hydrogen-bond donors (Lipinski definition) is 0. The topological polar surface area (TPSA) is 64.8 Å². The zero-order valence-corrected chi connectivity index (χ0v) is 12.4. The fourth-order valence-electron chi connectivity index (χ4n) is 2.90. The van der Waals surface area contributed by atoms with Gasteiger partial charge in [-0.2, -0.15) is 0 Å². The molecule has 0 spiro atoms. The Morgan fingerprint density at radius 1 is 1.35 bits per heavy atom. The van der Waals surface area contributed by atoms with Crippen LogP contribution in [0.1, 0.15) is 38.1 Å². The third-order valence-corrected chi connectivity index (χ3v) is 5.60. The van der Waals surface area contributed by atoms with Gasteiger partial charge >= 0.3 is 0 Å². The minimum atomic E-state index is -2.84. The summed E-state index contributed by atoms with van der Waals surface area (Å²) in [6.07, 6.45) is 5.03. The van der Waals surface area contributed by atoms with Crippen molar-refractivity contribution in [2.45, 2.75) is 38.6 Å². The van der Waals surface area contributed by atoms with Gasteiger partial charge in [0.2, 0.25) is 0 Å². The molecule has 0 atom stereocenters. The molecule has 2 aromatic heterocycles. The van der Waals surface area contributed by atoms with Gasteiger partial charge in [0, 0.05) is 18.7 Å². The summed E-state index contributed by atoms with van der Waals surface area (Å²) in [7, 11) is -2.84. The summed E-state index contributed by atoms with van der Waals surface area (Å²) >= 11 is 0. The second-order valence-electron chi connectivity index (χ2n) is 5.38. The van der Waals surface area contributed by atoms with Crippen molar-refractivity contribution in [3.05, 3.63) is 24.2 Å². The third-order valence-electron chi connectivity index (χ3n) is 3.88. The molecule has 0 saturated carbocycles. The normalized spacial score (nSPS) is 19.4. The first-order valence-corrected chi connectivity index (χ1v) is 8.95. The number of pyridine rings is 1. The van der Waals surface area contributed by atoms with Gasteiger partial charge < -0.3 is 4.57 Å². The first kappa shape index (κ1) is 13.5. The number of imidazole rings is 1. The van der Waals surface area contributed by atoms with Gasteiger partial charge in [-0.15, -0.1) is 0 Å². The van der Waals surface area contributed by atoms with E-state index in [0.29, 0.717) is 12.8 Å². The maximum Gasteiger partial charge on any atom is 0.160 e. The highest BCUT2D eigenvalue weighted by molar-refractivity contribution is 7.91. The number of sulfone groups is 1. The van der Waals surface area contributed by atoms with Crippen LogP contribution in [0.5, 0.6) is 0 Å². The average molecular weight is 293 g/mol. The second kappa shape index (κ2) is 5.16. The van der Waals surface area contributed by atoms with Crippen LogP contribution < -0.4 is 0 Å². The van der Waals surface area contributed by atoms with E-state index < -0.39 is 9.84 Å². The molecule has 20 heavy (non-hydrogen) atoms. The van der Waals surface area contributed by atoms with Gasteiger partial charge in [-0.05, 0) is 31.4 Å². The van der Waals surface area contributed by atoms with Crippen LogP contribution in [0.3, 0.4) is 0 Å². The molecular weight excluding hydrogens is 274 g/mol. The van der Waals surface area contributed by atoms with Crippen molar-refractivity contribution < 1.29 is 8.42 Å². The van der Waals surface area contributed by atoms with Crippen LogP contribution in [0.15, 0.2) is 18.3 Å². The summed E-state index contributed by atoms with van der Waals surface area (Å²) in [5.74, 6) is 1.58. The number of aryl methyl sites for hydroxylation is 1. The van der Waals surface area contributed by atoms with Crippen molar-refractivity contribution in [1.82, 2.24) is 14.5 Å². The number of aromatic nitrogens is 3. The van der Waals surface area contributed by atoms with Crippen molar-refractivity contribution in [2.24, 2.45) is 0 Å². The van der Waals surface area contributed by atoms with Gasteiger partial charge in [-0.1, -0.05) is 6.92 Å². The lowest BCUT2D eigenvalue weighted by Crippen LogP contribution is -2.26. The Bertz CT molecular complexity index is 707. The van der Waals surface area contributed by atoms with Crippen molar-refractivity contribution in [3.63, 3.8) is 0 Å². The SMILES string of the molecule is CCCc1nc2cccnc2n1C1CCS(=O)(=O)CC1. The van der Waals surface area contributed by atoms with Gasteiger partial charge in [0.1, 0.15) is 21.2 Å². The Morgan fingerprint density at radius 3 is 2.80 bits per heavy atom. The Kier molecular flexibility index (Phi) is 3.50. The lowest BCUT2D eigenvalue weighted by molar-refractivity contribution is 0.443. The van der Waals surface area contributed by atoms with Gasteiger partial charge in [-0.25, -0.2) is 18.4 Å². The van der Waals surface area contributed by atoms with Crippen molar-refractivity contribution in [1.29, 1.82) is 0 Å². The molecule has 0 aromatic carbocycles. The third kappa shape index (κ3) is 2.44. The summed E-state index contributed by atoms with van der Waals surface area (Å²) in [5, 5.41) is 0. The van der Waals surface area contributed by atoms with Crippen LogP contribution in [0.4, 0.5) is 0 Å². The fourth-order valence-corrected chi connectivity index (χ4v) is 4.36. The van der Waals surface area contributed by atoms with E-state index in [2.05, 4.69) is 21.5 Å². The van der Waals surface area contributed by atoms with Gasteiger partial charge in [0.15, 0.2) is 5.65 Å². The molecule has 0 bridgehead atoms. The van der Waals surface area contributed by atoms with E-state index >= 15 is 0 Å². The Morgan fingerprint density at radius 2 is 2.10 bits per heavy atom. The van der Waals surface area contributed by atoms with E-state index in [1.807, 2.05) is 12.1 Å². The van der Waals surface area contributed by atoms with E-state index in [0.717, 1.165) is 29.8 Å². The molecular formula is C14H19N3O2S. The van der Waals surface area contributed by atoms with Crippen molar-refractivity contribution in [3.8, 4) is 0 Å². The van der Waals surface area contributed by atoms with Crippen LogP contribution in [-0.2, 0) is 16.3 Å². The molecule has 0 amide bonds. The number of hydrogen-bond acceptors (Lipinski definition) is 4. The summed E-state index contributed by atoms with van der Waals surface area (Å²) in [6.45, 7) is 2.13. The van der Waals surface area contributed by atoms with E-state index in [9.17, 15) is 8.42 Å². The minimum absolute atomic E-state index is 0.208. The van der Waals surface area contributed by atoms with Crippen LogP contribution in [0.2, 0.25) is 0 Å². The second-order valence-corrected chi connectivity index (χ2v) is 7.68. The van der Waals surface area contributed by atoms with E-state index in [4.69, 9.17) is 0 Å². The molecule has 0 aliphatic carbocycles. The van der Waals surface area contributed by atoms with Crippen LogP contribution >= 0.6 is 0 Å². The highest BCUT2D eigenvalue weighted by Crippen LogP contribution is 2.29. The molecule has 0 radical (unpaired) electrons. The van der Waals surface area contributed by atoms with Crippen LogP contribution in [0.25, 0.3) is 11.2 Å². The molecule has 1 aliphatic rings. The monoisotopic (exact) mass is 293 g/mol. The molecule has 1 fully saturated rings. The minimum Gasteiger partial charge on any atom is -0.310 e. The predicted octanol–water partition coefficient (Wildman–Crippen LogP) is 2.13. The first-order valence-electron chi connectivity index (χ1n) is 7.13. The molecule has 5 nitrogen and oxygen atoms in total. The zero-order valence-electron chi connectivity index (χ0n) is 11.6. The molecule has 6 heteroatoms. The maximum absolute atomic E-state index is 11.6. The highest BCUT2D eigenvalue weighted by atomic mass is 32.2. The van der Waals surface area contributed by atoms with Crippen molar-refractivity contribution in [2.75, 3.05) is 11.5 Å². The van der Waals surface area contributed by atoms with Gasteiger partial charge in [0.25, 0.3) is 0 Å². The number of rotatable bonds is 3. The molecule has 1 saturated heterocycles. The first-order chi connectivity index (χ1) is 9.61. The summed E-state index contributed by atoms with van der Waals surface area (Å²) in [6, 6.07) is 4.07. The zero-order chi connectivity index (χ0) is 14.2. The molecule has 3 rings (SSSR count). The smallest absolute Gasteiger partial charge is 0.160 e. The molecule has 0 unspecified atom stereocenters. The Balaban J connectivity index is 2.03. The quantitative estimate of drug-likeness (QED) is 0.869. The van der Waals surface area contributed by atoms with E-state index in [1.165, 1.54) is 0 Å².